The number of pyridine rings is 1. The topological polar surface area (TPSA) is 95.9 Å². The smallest absolute Gasteiger partial charge is 0.272 e. The highest BCUT2D eigenvalue weighted by Crippen LogP contribution is 2.54. The second kappa shape index (κ2) is 7.16. The van der Waals surface area contributed by atoms with Gasteiger partial charge in [0.1, 0.15) is 16.8 Å². The van der Waals surface area contributed by atoms with Crippen molar-refractivity contribution in [2.45, 2.75) is 17.9 Å². The fraction of sp³-hybridized carbons (Fsp3) is 0.200. The fourth-order valence-corrected chi connectivity index (χ4v) is 5.35. The number of aromatic amines is 1. The first kappa shape index (κ1) is 19.5. The lowest BCUT2D eigenvalue weighted by Crippen LogP contribution is -2.42. The molecular formula is C25H22N6O2. The molecule has 1 saturated heterocycles. The molecule has 3 aromatic heterocycles. The van der Waals surface area contributed by atoms with Crippen LogP contribution < -0.4 is 5.32 Å². The van der Waals surface area contributed by atoms with Crippen LogP contribution in [0.25, 0.3) is 11.4 Å². The average molecular weight is 438 g/mol. The van der Waals surface area contributed by atoms with E-state index in [0.29, 0.717) is 24.4 Å². The quantitative estimate of drug-likeness (QED) is 0.513. The summed E-state index contributed by atoms with van der Waals surface area (Å²) in [6.45, 7) is 0.443. The van der Waals surface area contributed by atoms with Crippen LogP contribution in [0, 0.1) is 0 Å². The average Bonchev–Trinajstić information content (AvgIpc) is 3.61. The summed E-state index contributed by atoms with van der Waals surface area (Å²) in [4.78, 5) is 33.3. The predicted octanol–water partition coefficient (Wildman–Crippen LogP) is 3.29. The number of amides is 2. The normalized spacial score (nSPS) is 21.4. The molecule has 2 N–H and O–H groups in total. The van der Waals surface area contributed by atoms with Gasteiger partial charge >= 0.3 is 0 Å². The van der Waals surface area contributed by atoms with Gasteiger partial charge in [-0.3, -0.25) is 19.7 Å². The zero-order chi connectivity index (χ0) is 22.6. The Morgan fingerprint density at radius 2 is 2.03 bits per heavy atom. The third-order valence-corrected chi connectivity index (χ3v) is 6.86. The minimum absolute atomic E-state index is 0.0815. The maximum Gasteiger partial charge on any atom is 0.272 e. The van der Waals surface area contributed by atoms with Gasteiger partial charge in [-0.15, -0.1) is 0 Å². The van der Waals surface area contributed by atoms with Crippen molar-refractivity contribution in [2.24, 2.45) is 7.05 Å². The van der Waals surface area contributed by atoms with Crippen molar-refractivity contribution in [3.8, 4) is 11.4 Å². The van der Waals surface area contributed by atoms with Gasteiger partial charge in [0.15, 0.2) is 0 Å². The number of benzene rings is 1. The number of aryl methyl sites for hydroxylation is 1. The van der Waals surface area contributed by atoms with E-state index in [-0.39, 0.29) is 11.8 Å². The summed E-state index contributed by atoms with van der Waals surface area (Å²) < 4.78 is 1.95. The highest BCUT2D eigenvalue weighted by atomic mass is 16.2. The molecule has 2 amide bonds. The van der Waals surface area contributed by atoms with E-state index in [2.05, 4.69) is 20.5 Å². The van der Waals surface area contributed by atoms with Crippen molar-refractivity contribution >= 4 is 17.5 Å². The molecule has 1 fully saturated rings. The number of rotatable bonds is 3. The number of anilines is 1. The van der Waals surface area contributed by atoms with Crippen molar-refractivity contribution in [1.29, 1.82) is 0 Å². The summed E-state index contributed by atoms with van der Waals surface area (Å²) in [6.07, 6.45) is 5.90. The van der Waals surface area contributed by atoms with Gasteiger partial charge in [0.25, 0.3) is 5.91 Å². The summed E-state index contributed by atoms with van der Waals surface area (Å²) >= 11 is 0. The maximum absolute atomic E-state index is 13.8. The Balaban J connectivity index is 1.44. The number of H-pyrrole nitrogens is 1. The number of fused-ring (bicyclic) bond motifs is 2. The standard InChI is InChI=1S/C25H22N6O2/c1-30-12-5-9-21(30)19-14-20(29-28-19)23(32)31-13-10-25(22(31)16-6-4-11-26-15-16)17-7-2-3-8-18(17)27-24(25)33/h2-9,11-12,14-15,22H,10,13H2,1H3,(H,27,33)(H,28,29). The van der Waals surface area contributed by atoms with E-state index in [1.807, 2.05) is 66.3 Å². The van der Waals surface area contributed by atoms with Gasteiger partial charge in [0, 0.05) is 37.9 Å². The van der Waals surface area contributed by atoms with Crippen LogP contribution >= 0.6 is 0 Å². The van der Waals surface area contributed by atoms with Crippen LogP contribution in [0.1, 0.15) is 34.1 Å². The molecule has 33 heavy (non-hydrogen) atoms. The van der Waals surface area contributed by atoms with Gasteiger partial charge < -0.3 is 14.8 Å². The third-order valence-electron chi connectivity index (χ3n) is 6.86. The van der Waals surface area contributed by atoms with Gasteiger partial charge in [-0.25, -0.2) is 0 Å². The first-order valence-electron chi connectivity index (χ1n) is 10.9. The number of aromatic nitrogens is 4. The summed E-state index contributed by atoms with van der Waals surface area (Å²) in [5, 5.41) is 10.3. The highest BCUT2D eigenvalue weighted by Gasteiger charge is 2.59. The SMILES string of the molecule is Cn1cccc1-c1cc(C(=O)N2CCC3(C(=O)Nc4ccccc43)C2c2cccnc2)[nH]n1. The Bertz CT molecular complexity index is 1370. The maximum atomic E-state index is 13.8. The number of nitrogens with one attached hydrogen (secondary N) is 2. The highest BCUT2D eigenvalue weighted by molar-refractivity contribution is 6.08. The minimum atomic E-state index is -0.865. The summed E-state index contributed by atoms with van der Waals surface area (Å²) in [5.74, 6) is -0.271. The molecule has 5 heterocycles. The first-order valence-corrected chi connectivity index (χ1v) is 10.9. The Hall–Kier alpha value is -4.20. The molecule has 0 aliphatic carbocycles. The van der Waals surface area contributed by atoms with Gasteiger partial charge in [-0.2, -0.15) is 5.10 Å². The fourth-order valence-electron chi connectivity index (χ4n) is 5.35. The lowest BCUT2D eigenvalue weighted by molar-refractivity contribution is -0.121. The molecular weight excluding hydrogens is 416 g/mol. The van der Waals surface area contributed by atoms with Gasteiger partial charge in [-0.1, -0.05) is 24.3 Å². The number of carbonyl (C=O) groups excluding carboxylic acids is 2. The number of hydrogen-bond donors (Lipinski definition) is 2. The number of hydrogen-bond acceptors (Lipinski definition) is 4. The van der Waals surface area contributed by atoms with Crippen LogP contribution in [0.2, 0.25) is 0 Å². The van der Waals surface area contributed by atoms with Gasteiger partial charge in [-0.05, 0) is 47.9 Å². The number of carbonyl (C=O) groups is 2. The molecule has 1 aromatic carbocycles. The number of likely N-dealkylation sites (tertiary alicyclic amines) is 1. The van der Waals surface area contributed by atoms with Gasteiger partial charge in [0.2, 0.25) is 5.91 Å². The summed E-state index contributed by atoms with van der Waals surface area (Å²) in [5.41, 5.74) is 3.70. The lowest BCUT2D eigenvalue weighted by atomic mass is 9.73. The van der Waals surface area contributed by atoms with Crippen molar-refractivity contribution in [1.82, 2.24) is 24.6 Å². The van der Waals surface area contributed by atoms with Gasteiger partial charge in [0.05, 0.1) is 11.7 Å². The van der Waals surface area contributed by atoms with E-state index in [9.17, 15) is 9.59 Å². The Morgan fingerprint density at radius 1 is 1.15 bits per heavy atom. The molecule has 2 unspecified atom stereocenters. The minimum Gasteiger partial charge on any atom is -0.349 e. The second-order valence-corrected chi connectivity index (χ2v) is 8.58. The predicted molar refractivity (Wildman–Crippen MR) is 122 cm³/mol. The largest absolute Gasteiger partial charge is 0.349 e. The third kappa shape index (κ3) is 2.77. The Morgan fingerprint density at radius 3 is 2.82 bits per heavy atom. The lowest BCUT2D eigenvalue weighted by Gasteiger charge is -2.34. The summed E-state index contributed by atoms with van der Waals surface area (Å²) in [6, 6.07) is 16.7. The summed E-state index contributed by atoms with van der Waals surface area (Å²) in [7, 11) is 1.93. The first-order chi connectivity index (χ1) is 16.1. The van der Waals surface area contributed by atoms with Crippen LogP contribution in [0.3, 0.4) is 0 Å². The van der Waals surface area contributed by atoms with Crippen LogP contribution in [-0.4, -0.2) is 43.0 Å². The zero-order valence-corrected chi connectivity index (χ0v) is 18.0. The van der Waals surface area contributed by atoms with Crippen molar-refractivity contribution in [2.75, 3.05) is 11.9 Å². The monoisotopic (exact) mass is 438 g/mol. The zero-order valence-electron chi connectivity index (χ0n) is 18.0. The van der Waals surface area contributed by atoms with Crippen LogP contribution in [-0.2, 0) is 17.3 Å². The van der Waals surface area contributed by atoms with E-state index in [0.717, 1.165) is 22.5 Å². The molecule has 1 spiro atoms. The molecule has 0 radical (unpaired) electrons. The molecule has 0 saturated carbocycles. The molecule has 8 nitrogen and oxygen atoms in total. The van der Waals surface area contributed by atoms with Crippen LogP contribution in [0.15, 0.2) is 73.2 Å². The van der Waals surface area contributed by atoms with E-state index >= 15 is 0 Å². The second-order valence-electron chi connectivity index (χ2n) is 8.58. The molecule has 0 bridgehead atoms. The molecule has 8 heteroatoms. The van der Waals surface area contributed by atoms with Crippen LogP contribution in [0.5, 0.6) is 0 Å². The number of nitrogens with zero attached hydrogens (tertiary/aromatic N) is 4. The number of para-hydroxylation sites is 1. The van der Waals surface area contributed by atoms with E-state index in [1.165, 1.54) is 0 Å². The van der Waals surface area contributed by atoms with Crippen molar-refractivity contribution in [3.63, 3.8) is 0 Å². The molecule has 2 atom stereocenters. The van der Waals surface area contributed by atoms with Crippen LogP contribution in [0.4, 0.5) is 5.69 Å². The molecule has 164 valence electrons. The molecule has 2 aliphatic heterocycles. The Labute approximate surface area is 190 Å². The van der Waals surface area contributed by atoms with Crippen molar-refractivity contribution in [3.05, 3.63) is 90.0 Å². The Kier molecular flexibility index (Phi) is 4.23. The molecule has 6 rings (SSSR count). The van der Waals surface area contributed by atoms with E-state index in [1.54, 1.807) is 23.4 Å². The molecule has 4 aromatic rings. The van der Waals surface area contributed by atoms with Crippen molar-refractivity contribution < 1.29 is 9.59 Å². The van der Waals surface area contributed by atoms with E-state index < -0.39 is 11.5 Å². The van der Waals surface area contributed by atoms with E-state index in [4.69, 9.17) is 0 Å². The molecule has 2 aliphatic rings.